The fourth-order valence-electron chi connectivity index (χ4n) is 5.07. The monoisotopic (exact) mass is 635 g/mol. The summed E-state index contributed by atoms with van der Waals surface area (Å²) in [4.78, 5) is 43.3. The molecular formula is C31H31ClFN7O5. The fraction of sp³-hybridized carbons (Fsp3) is 0.290. The Morgan fingerprint density at radius 1 is 1.13 bits per heavy atom. The van der Waals surface area contributed by atoms with Crippen LogP contribution in [0.15, 0.2) is 48.5 Å². The molecule has 0 spiro atoms. The van der Waals surface area contributed by atoms with Gasteiger partial charge >= 0.3 is 6.09 Å². The highest BCUT2D eigenvalue weighted by Gasteiger charge is 2.26. The molecule has 4 aromatic rings. The van der Waals surface area contributed by atoms with Crippen LogP contribution in [0.25, 0.3) is 16.8 Å². The zero-order valence-corrected chi connectivity index (χ0v) is 25.7. The van der Waals surface area contributed by atoms with E-state index in [0.717, 1.165) is 0 Å². The first-order valence-corrected chi connectivity index (χ1v) is 14.5. The van der Waals surface area contributed by atoms with E-state index in [1.165, 1.54) is 31.0 Å². The van der Waals surface area contributed by atoms with E-state index in [0.29, 0.717) is 59.0 Å². The number of halogens is 2. The summed E-state index contributed by atoms with van der Waals surface area (Å²) in [5.41, 5.74) is 3.08. The van der Waals surface area contributed by atoms with Crippen LogP contribution in [-0.4, -0.2) is 52.1 Å². The number of ether oxygens (including phenoxy) is 2. The summed E-state index contributed by atoms with van der Waals surface area (Å²) in [5, 5.41) is 16.6. The summed E-state index contributed by atoms with van der Waals surface area (Å²) < 4.78 is 26.2. The highest BCUT2D eigenvalue weighted by molar-refractivity contribution is 6.30. The molecule has 3 heterocycles. The van der Waals surface area contributed by atoms with E-state index in [-0.39, 0.29) is 28.2 Å². The normalized spacial score (nSPS) is 16.4. The van der Waals surface area contributed by atoms with E-state index in [1.54, 1.807) is 37.3 Å². The van der Waals surface area contributed by atoms with Crippen LogP contribution in [0.4, 0.5) is 20.6 Å². The number of fused-ring (bicyclic) bond motifs is 4. The van der Waals surface area contributed by atoms with E-state index in [1.807, 2.05) is 13.0 Å². The van der Waals surface area contributed by atoms with Gasteiger partial charge in [0.05, 0.1) is 42.4 Å². The maximum absolute atomic E-state index is 14.7. The van der Waals surface area contributed by atoms with Crippen molar-refractivity contribution in [2.75, 3.05) is 24.9 Å². The number of anilines is 2. The van der Waals surface area contributed by atoms with E-state index >= 15 is 0 Å². The smallest absolute Gasteiger partial charge is 0.411 e. The molecule has 2 atom stereocenters. The maximum Gasteiger partial charge on any atom is 0.411 e. The van der Waals surface area contributed by atoms with Crippen molar-refractivity contribution in [3.8, 4) is 22.7 Å². The number of nitrogens with zero attached hydrogens (tertiary/aromatic N) is 4. The summed E-state index contributed by atoms with van der Waals surface area (Å²) in [6.07, 6.45) is 0.896. The van der Waals surface area contributed by atoms with Gasteiger partial charge in [-0.15, -0.1) is 5.10 Å². The van der Waals surface area contributed by atoms with Crippen LogP contribution in [0.5, 0.6) is 5.88 Å². The first kappa shape index (κ1) is 31.4. The molecule has 0 saturated heterocycles. The molecule has 2 bridgehead atoms. The molecule has 234 valence electrons. The summed E-state index contributed by atoms with van der Waals surface area (Å²) in [6, 6.07) is 12.5. The van der Waals surface area contributed by atoms with Crippen LogP contribution in [0.1, 0.15) is 54.1 Å². The average molecular weight is 636 g/mol. The third-order valence-electron chi connectivity index (χ3n) is 7.56. The number of rotatable bonds is 5. The van der Waals surface area contributed by atoms with Gasteiger partial charge in [0.2, 0.25) is 11.8 Å². The van der Waals surface area contributed by atoms with Gasteiger partial charge in [0, 0.05) is 23.2 Å². The van der Waals surface area contributed by atoms with Crippen molar-refractivity contribution in [2.24, 2.45) is 5.92 Å². The zero-order valence-electron chi connectivity index (χ0n) is 25.0. The number of pyridine rings is 1. The molecule has 0 unspecified atom stereocenters. The first-order valence-electron chi connectivity index (χ1n) is 14.1. The van der Waals surface area contributed by atoms with E-state index in [9.17, 15) is 18.8 Å². The van der Waals surface area contributed by atoms with E-state index in [2.05, 4.69) is 31.2 Å². The quantitative estimate of drug-likeness (QED) is 0.247. The molecule has 1 aliphatic rings. The lowest BCUT2D eigenvalue weighted by molar-refractivity contribution is -0.119. The summed E-state index contributed by atoms with van der Waals surface area (Å²) >= 11 is 5.95. The molecule has 3 amide bonds. The maximum atomic E-state index is 14.7. The number of hydrogen-bond acceptors (Lipinski definition) is 8. The highest BCUT2D eigenvalue weighted by Crippen LogP contribution is 2.36. The zero-order chi connectivity index (χ0) is 32.2. The minimum Gasteiger partial charge on any atom is -0.481 e. The van der Waals surface area contributed by atoms with Crippen molar-refractivity contribution < 1.29 is 28.2 Å². The molecule has 1 aliphatic heterocycles. The molecule has 12 nitrogen and oxygen atoms in total. The second-order valence-corrected chi connectivity index (χ2v) is 11.0. The standard InChI is InChI=1S/C31H31ClFN7O5/c1-16-7-5-9-22(36-30(42)28-17(2)40(39-38-28)25-10-6-8-21(32)27(25)33)24-13-18(14-26(35-24)44-3)20-12-11-19(34-31(43)45-4)15-23(20)37-29(16)41/h6,8,10-16,22H,5,7,9H2,1-4H3,(H,34,43)(H,36,42)(H,37,41)/t16-,22-/m0/s1. The second-order valence-electron chi connectivity index (χ2n) is 10.6. The van der Waals surface area contributed by atoms with E-state index < -0.39 is 23.9 Å². The molecule has 3 N–H and O–H groups in total. The molecular weight excluding hydrogens is 605 g/mol. The number of benzene rings is 2. The average Bonchev–Trinajstić information content (AvgIpc) is 3.41. The molecule has 0 fully saturated rings. The number of nitrogens with one attached hydrogen (secondary N) is 3. The Balaban J connectivity index is 1.53. The van der Waals surface area contributed by atoms with Crippen LogP contribution in [-0.2, 0) is 9.53 Å². The summed E-state index contributed by atoms with van der Waals surface area (Å²) in [6.45, 7) is 3.43. The van der Waals surface area contributed by atoms with Gasteiger partial charge < -0.3 is 20.1 Å². The molecule has 0 aliphatic carbocycles. The lowest BCUT2D eigenvalue weighted by Gasteiger charge is -2.23. The number of methoxy groups -OCH3 is 2. The Morgan fingerprint density at radius 3 is 2.69 bits per heavy atom. The Morgan fingerprint density at radius 2 is 1.93 bits per heavy atom. The Bertz CT molecular complexity index is 1780. The van der Waals surface area contributed by atoms with Gasteiger partial charge in [-0.3, -0.25) is 14.9 Å². The van der Waals surface area contributed by atoms with Gasteiger partial charge in [-0.05, 0) is 55.7 Å². The topological polar surface area (TPSA) is 149 Å². The van der Waals surface area contributed by atoms with Crippen molar-refractivity contribution in [1.29, 1.82) is 0 Å². The number of aromatic nitrogens is 4. The fourth-order valence-corrected chi connectivity index (χ4v) is 5.24. The Hall–Kier alpha value is -5.04. The SMILES string of the molecule is COC(=O)Nc1ccc2c(c1)NC(=O)[C@@H](C)CCC[C@H](NC(=O)c1nnn(-c3cccc(Cl)c3F)c1C)c1cc-2cc(OC)n1. The molecule has 2 aromatic heterocycles. The first-order chi connectivity index (χ1) is 21.6. The predicted molar refractivity (Wildman–Crippen MR) is 165 cm³/mol. The molecule has 45 heavy (non-hydrogen) atoms. The van der Waals surface area contributed by atoms with Gasteiger partial charge in [-0.1, -0.05) is 42.3 Å². The number of carbonyl (C=O) groups excluding carboxylic acids is 3. The van der Waals surface area contributed by atoms with Crippen LogP contribution in [0.2, 0.25) is 5.02 Å². The van der Waals surface area contributed by atoms with Gasteiger partial charge in [0.1, 0.15) is 5.69 Å². The molecule has 0 radical (unpaired) electrons. The number of amides is 3. The van der Waals surface area contributed by atoms with Crippen molar-refractivity contribution in [1.82, 2.24) is 25.3 Å². The van der Waals surface area contributed by atoms with Crippen molar-refractivity contribution >= 4 is 40.9 Å². The van der Waals surface area contributed by atoms with Gasteiger partial charge in [-0.2, -0.15) is 0 Å². The Labute approximate surface area is 263 Å². The molecule has 14 heteroatoms. The summed E-state index contributed by atoms with van der Waals surface area (Å²) in [5.74, 6) is -1.48. The van der Waals surface area contributed by atoms with Gasteiger partial charge in [0.25, 0.3) is 5.91 Å². The van der Waals surface area contributed by atoms with Crippen LogP contribution < -0.4 is 20.7 Å². The minimum absolute atomic E-state index is 0.00679. The van der Waals surface area contributed by atoms with Crippen molar-refractivity contribution in [3.05, 3.63) is 76.5 Å². The minimum atomic E-state index is -0.682. The van der Waals surface area contributed by atoms with Gasteiger partial charge in [0.15, 0.2) is 11.5 Å². The highest BCUT2D eigenvalue weighted by atomic mass is 35.5. The number of hydrogen-bond donors (Lipinski definition) is 3. The predicted octanol–water partition coefficient (Wildman–Crippen LogP) is 5.85. The lowest BCUT2D eigenvalue weighted by atomic mass is 9.95. The van der Waals surface area contributed by atoms with Crippen LogP contribution in [0.3, 0.4) is 0 Å². The molecule has 5 rings (SSSR count). The molecule has 2 aromatic carbocycles. The van der Waals surface area contributed by atoms with Crippen LogP contribution >= 0.6 is 11.6 Å². The van der Waals surface area contributed by atoms with Gasteiger partial charge in [-0.25, -0.2) is 18.9 Å². The van der Waals surface area contributed by atoms with Crippen LogP contribution in [0, 0.1) is 18.7 Å². The Kier molecular flexibility index (Phi) is 9.28. The summed E-state index contributed by atoms with van der Waals surface area (Å²) in [7, 11) is 2.74. The third-order valence-corrected chi connectivity index (χ3v) is 7.85. The van der Waals surface area contributed by atoms with E-state index in [4.69, 9.17) is 21.1 Å². The second kappa shape index (κ2) is 13.3. The lowest BCUT2D eigenvalue weighted by Crippen LogP contribution is -2.30. The molecule has 0 saturated carbocycles. The number of carbonyl (C=O) groups is 3. The van der Waals surface area contributed by atoms with Crippen molar-refractivity contribution in [3.63, 3.8) is 0 Å². The van der Waals surface area contributed by atoms with Crippen molar-refractivity contribution in [2.45, 2.75) is 39.2 Å². The third kappa shape index (κ3) is 6.73. The largest absolute Gasteiger partial charge is 0.481 e.